The van der Waals surface area contributed by atoms with Crippen molar-refractivity contribution in [3.05, 3.63) is 34.6 Å². The second kappa shape index (κ2) is 7.58. The Morgan fingerprint density at radius 1 is 1.10 bits per heavy atom. The molecule has 0 aromatic carbocycles. The number of hydrogen-bond donors (Lipinski definition) is 0. The molecule has 1 fully saturated rings. The normalized spacial score (nSPS) is 17.4. The lowest BCUT2D eigenvalue weighted by Crippen LogP contribution is -2.50. The Hall–Kier alpha value is -2.75. The molecule has 3 aromatic rings. The molecule has 5 rings (SSSR count). The van der Waals surface area contributed by atoms with Crippen molar-refractivity contribution >= 4 is 32.7 Å². The Morgan fingerprint density at radius 3 is 2.79 bits per heavy atom. The Morgan fingerprint density at radius 2 is 1.97 bits per heavy atom. The van der Waals surface area contributed by atoms with Crippen molar-refractivity contribution in [1.29, 1.82) is 0 Å². The molecular formula is C19H23N7O2S. The van der Waals surface area contributed by atoms with Crippen LogP contribution in [0.15, 0.2) is 23.1 Å². The number of piperazine rings is 1. The Labute approximate surface area is 171 Å². The Balaban J connectivity index is 1.23. The number of carbonyl (C=O) groups excluding carboxylic acids is 1. The highest BCUT2D eigenvalue weighted by molar-refractivity contribution is 7.21. The SMILES string of the molecule is O=C(Cn1nc2n(c1=O)CCCCC2)N1CCN(c2nc3cccnc3s2)CC1. The van der Waals surface area contributed by atoms with Crippen LogP contribution in [0.25, 0.3) is 10.3 Å². The number of amides is 1. The maximum Gasteiger partial charge on any atom is 0.346 e. The van der Waals surface area contributed by atoms with Gasteiger partial charge in [-0.3, -0.25) is 9.36 Å². The monoisotopic (exact) mass is 413 g/mol. The summed E-state index contributed by atoms with van der Waals surface area (Å²) in [6.45, 7) is 3.40. The summed E-state index contributed by atoms with van der Waals surface area (Å²) in [5.41, 5.74) is 0.751. The van der Waals surface area contributed by atoms with Gasteiger partial charge in [0.2, 0.25) is 5.91 Å². The highest BCUT2D eigenvalue weighted by atomic mass is 32.1. The van der Waals surface area contributed by atoms with E-state index in [9.17, 15) is 9.59 Å². The van der Waals surface area contributed by atoms with Crippen molar-refractivity contribution in [3.8, 4) is 0 Å². The van der Waals surface area contributed by atoms with Gasteiger partial charge < -0.3 is 9.80 Å². The third-order valence-electron chi connectivity index (χ3n) is 5.62. The minimum atomic E-state index is -0.157. The lowest BCUT2D eigenvalue weighted by atomic mass is 10.2. The van der Waals surface area contributed by atoms with Crippen molar-refractivity contribution in [2.24, 2.45) is 0 Å². The second-order valence-electron chi connectivity index (χ2n) is 7.51. The lowest BCUT2D eigenvalue weighted by molar-refractivity contribution is -0.132. The molecule has 29 heavy (non-hydrogen) atoms. The molecule has 0 radical (unpaired) electrons. The number of aromatic nitrogens is 5. The zero-order chi connectivity index (χ0) is 19.8. The van der Waals surface area contributed by atoms with E-state index in [0.717, 1.165) is 60.1 Å². The van der Waals surface area contributed by atoms with Gasteiger partial charge in [0, 0.05) is 45.3 Å². The van der Waals surface area contributed by atoms with Crippen LogP contribution in [0.1, 0.15) is 25.1 Å². The van der Waals surface area contributed by atoms with Crippen molar-refractivity contribution in [2.45, 2.75) is 38.8 Å². The van der Waals surface area contributed by atoms with Crippen LogP contribution >= 0.6 is 11.3 Å². The van der Waals surface area contributed by atoms with Gasteiger partial charge in [-0.25, -0.2) is 19.4 Å². The predicted molar refractivity (Wildman–Crippen MR) is 110 cm³/mol. The maximum absolute atomic E-state index is 12.8. The highest BCUT2D eigenvalue weighted by Crippen LogP contribution is 2.27. The Kier molecular flexibility index (Phi) is 4.78. The molecule has 9 nitrogen and oxygen atoms in total. The molecule has 0 saturated carbocycles. The third-order valence-corrected chi connectivity index (χ3v) is 6.66. The molecule has 152 valence electrons. The van der Waals surface area contributed by atoms with E-state index in [1.165, 1.54) is 4.68 Å². The van der Waals surface area contributed by atoms with Gasteiger partial charge >= 0.3 is 5.69 Å². The number of aryl methyl sites for hydroxylation is 1. The largest absolute Gasteiger partial charge is 0.346 e. The van der Waals surface area contributed by atoms with Gasteiger partial charge in [0.05, 0.1) is 0 Å². The average Bonchev–Trinajstić information content (AvgIpc) is 3.21. The quantitative estimate of drug-likeness (QED) is 0.639. The summed E-state index contributed by atoms with van der Waals surface area (Å²) in [6.07, 6.45) is 5.75. The molecule has 0 bridgehead atoms. The van der Waals surface area contributed by atoms with Crippen LogP contribution in [0, 0.1) is 0 Å². The molecule has 0 unspecified atom stereocenters. The first-order valence-electron chi connectivity index (χ1n) is 10.1. The molecule has 2 aliphatic heterocycles. The number of anilines is 1. The predicted octanol–water partition coefficient (Wildman–Crippen LogP) is 1.12. The molecule has 0 aliphatic carbocycles. The zero-order valence-electron chi connectivity index (χ0n) is 16.2. The van der Waals surface area contributed by atoms with Crippen molar-refractivity contribution in [1.82, 2.24) is 29.2 Å². The fraction of sp³-hybridized carbons (Fsp3) is 0.526. The molecule has 1 saturated heterocycles. The number of thiazole rings is 1. The van der Waals surface area contributed by atoms with Crippen LogP contribution in [-0.2, 0) is 24.3 Å². The number of pyridine rings is 1. The van der Waals surface area contributed by atoms with E-state index >= 15 is 0 Å². The number of fused-ring (bicyclic) bond motifs is 2. The van der Waals surface area contributed by atoms with Crippen LogP contribution in [-0.4, -0.2) is 61.3 Å². The van der Waals surface area contributed by atoms with E-state index in [1.807, 2.05) is 17.0 Å². The first kappa shape index (κ1) is 18.3. The summed E-state index contributed by atoms with van der Waals surface area (Å²) in [7, 11) is 0. The highest BCUT2D eigenvalue weighted by Gasteiger charge is 2.25. The minimum absolute atomic E-state index is 0.0177. The summed E-state index contributed by atoms with van der Waals surface area (Å²) >= 11 is 1.58. The van der Waals surface area contributed by atoms with Gasteiger partial charge in [-0.15, -0.1) is 0 Å². The first-order chi connectivity index (χ1) is 14.2. The third kappa shape index (κ3) is 3.52. The Bertz CT molecular complexity index is 1060. The van der Waals surface area contributed by atoms with Gasteiger partial charge in [-0.2, -0.15) is 5.10 Å². The summed E-state index contributed by atoms with van der Waals surface area (Å²) in [5, 5.41) is 5.37. The summed E-state index contributed by atoms with van der Waals surface area (Å²) in [4.78, 5) is 39.3. The fourth-order valence-electron chi connectivity index (χ4n) is 4.00. The molecule has 2 aliphatic rings. The molecule has 0 N–H and O–H groups in total. The van der Waals surface area contributed by atoms with Gasteiger partial charge in [0.15, 0.2) is 5.13 Å². The fourth-order valence-corrected chi connectivity index (χ4v) is 4.96. The molecule has 3 aromatic heterocycles. The average molecular weight is 414 g/mol. The minimum Gasteiger partial charge on any atom is -0.344 e. The van der Waals surface area contributed by atoms with Crippen molar-refractivity contribution in [3.63, 3.8) is 0 Å². The van der Waals surface area contributed by atoms with Gasteiger partial charge in [-0.1, -0.05) is 17.8 Å². The lowest BCUT2D eigenvalue weighted by Gasteiger charge is -2.34. The molecule has 0 atom stereocenters. The van der Waals surface area contributed by atoms with Crippen LogP contribution in [0.5, 0.6) is 0 Å². The molecular weight excluding hydrogens is 390 g/mol. The summed E-state index contributed by atoms with van der Waals surface area (Å²) in [6, 6.07) is 3.85. The second-order valence-corrected chi connectivity index (χ2v) is 8.47. The maximum atomic E-state index is 12.8. The number of carbonyl (C=O) groups is 1. The van der Waals surface area contributed by atoms with Gasteiger partial charge in [-0.05, 0) is 25.0 Å². The standard InChI is InChI=1S/C19H23N7O2S/c27-16(13-26-19(28)25-8-3-1-2-6-15(25)22-26)23-9-11-24(12-10-23)18-21-14-5-4-7-20-17(14)29-18/h4-5,7H,1-3,6,8-13H2. The van der Waals surface area contributed by atoms with Crippen molar-refractivity contribution in [2.75, 3.05) is 31.1 Å². The van der Waals surface area contributed by atoms with E-state index in [-0.39, 0.29) is 18.1 Å². The molecule has 10 heteroatoms. The number of hydrogen-bond acceptors (Lipinski definition) is 7. The van der Waals surface area contributed by atoms with E-state index < -0.39 is 0 Å². The number of nitrogens with zero attached hydrogens (tertiary/aromatic N) is 7. The van der Waals surface area contributed by atoms with Crippen LogP contribution in [0.3, 0.4) is 0 Å². The van der Waals surface area contributed by atoms with Crippen LogP contribution < -0.4 is 10.6 Å². The summed E-state index contributed by atoms with van der Waals surface area (Å²) in [5.74, 6) is 0.764. The topological polar surface area (TPSA) is 89.2 Å². The van der Waals surface area contributed by atoms with Crippen LogP contribution in [0.2, 0.25) is 0 Å². The molecule has 1 amide bonds. The molecule has 5 heterocycles. The van der Waals surface area contributed by atoms with Crippen molar-refractivity contribution < 1.29 is 4.79 Å². The summed E-state index contributed by atoms with van der Waals surface area (Å²) < 4.78 is 3.08. The van der Waals surface area contributed by atoms with Gasteiger partial charge in [0.1, 0.15) is 22.7 Å². The van der Waals surface area contributed by atoms with E-state index in [0.29, 0.717) is 19.6 Å². The molecule has 0 spiro atoms. The van der Waals surface area contributed by atoms with E-state index in [4.69, 9.17) is 0 Å². The zero-order valence-corrected chi connectivity index (χ0v) is 17.0. The smallest absolute Gasteiger partial charge is 0.344 e. The van der Waals surface area contributed by atoms with Crippen LogP contribution in [0.4, 0.5) is 5.13 Å². The van der Waals surface area contributed by atoms with E-state index in [1.54, 1.807) is 22.1 Å². The number of rotatable bonds is 3. The van der Waals surface area contributed by atoms with Gasteiger partial charge in [0.25, 0.3) is 0 Å². The first-order valence-corrected chi connectivity index (χ1v) is 10.9. The van der Waals surface area contributed by atoms with E-state index in [2.05, 4.69) is 20.0 Å².